The van der Waals surface area contributed by atoms with Gasteiger partial charge < -0.3 is 10.6 Å². The molecule has 0 aliphatic heterocycles. The zero-order chi connectivity index (χ0) is 15.1. The van der Waals surface area contributed by atoms with Crippen molar-refractivity contribution in [1.82, 2.24) is 10.6 Å². The lowest BCUT2D eigenvalue weighted by atomic mass is 10.2. The SMILES string of the molecule is O=C(N/C=C/c1ccccc1Cl)NCc1cccc(Cl)c1. The molecule has 0 aliphatic carbocycles. The molecule has 2 amide bonds. The lowest BCUT2D eigenvalue weighted by molar-refractivity contribution is 0.244. The van der Waals surface area contributed by atoms with Crippen LogP contribution < -0.4 is 10.6 Å². The zero-order valence-electron chi connectivity index (χ0n) is 11.1. The summed E-state index contributed by atoms with van der Waals surface area (Å²) in [4.78, 5) is 11.6. The fraction of sp³-hybridized carbons (Fsp3) is 0.0625. The third kappa shape index (κ3) is 5.14. The zero-order valence-corrected chi connectivity index (χ0v) is 12.7. The van der Waals surface area contributed by atoms with Gasteiger partial charge in [0.1, 0.15) is 0 Å². The lowest BCUT2D eigenvalue weighted by Gasteiger charge is -2.05. The van der Waals surface area contributed by atoms with E-state index in [0.29, 0.717) is 16.6 Å². The molecule has 0 fully saturated rings. The van der Waals surface area contributed by atoms with Crippen molar-refractivity contribution >= 4 is 35.3 Å². The number of carbonyl (C=O) groups excluding carboxylic acids is 1. The summed E-state index contributed by atoms with van der Waals surface area (Å²) < 4.78 is 0. The predicted octanol–water partition coefficient (Wildman–Crippen LogP) is 4.46. The number of carbonyl (C=O) groups is 1. The third-order valence-corrected chi connectivity index (χ3v) is 3.30. The van der Waals surface area contributed by atoms with Gasteiger partial charge in [0.2, 0.25) is 0 Å². The standard InChI is InChI=1S/C16H14Cl2N2O/c17-14-6-3-4-12(10-14)11-20-16(21)19-9-8-13-5-1-2-7-15(13)18/h1-10H,11H2,(H2,19,20,21)/b9-8+. The minimum Gasteiger partial charge on any atom is -0.334 e. The van der Waals surface area contributed by atoms with Crippen LogP contribution in [0.4, 0.5) is 4.79 Å². The summed E-state index contributed by atoms with van der Waals surface area (Å²) in [6.45, 7) is 0.409. The number of hydrogen-bond donors (Lipinski definition) is 2. The molecule has 0 saturated heterocycles. The number of amides is 2. The molecular weight excluding hydrogens is 307 g/mol. The quantitative estimate of drug-likeness (QED) is 0.857. The summed E-state index contributed by atoms with van der Waals surface area (Å²) in [7, 11) is 0. The molecule has 2 N–H and O–H groups in total. The van der Waals surface area contributed by atoms with E-state index in [4.69, 9.17) is 23.2 Å². The van der Waals surface area contributed by atoms with E-state index in [1.54, 1.807) is 30.5 Å². The van der Waals surface area contributed by atoms with Crippen LogP contribution >= 0.6 is 23.2 Å². The van der Waals surface area contributed by atoms with Crippen LogP contribution in [-0.4, -0.2) is 6.03 Å². The minimum atomic E-state index is -0.293. The Kier molecular flexibility index (Phi) is 5.67. The van der Waals surface area contributed by atoms with Crippen LogP contribution in [0.15, 0.2) is 54.7 Å². The number of hydrogen-bond acceptors (Lipinski definition) is 1. The van der Waals surface area contributed by atoms with E-state index in [0.717, 1.165) is 11.1 Å². The van der Waals surface area contributed by atoms with Gasteiger partial charge in [-0.05, 0) is 35.4 Å². The number of halogens is 2. The van der Waals surface area contributed by atoms with Crippen molar-refractivity contribution in [3.05, 3.63) is 75.9 Å². The lowest BCUT2D eigenvalue weighted by Crippen LogP contribution is -2.31. The highest BCUT2D eigenvalue weighted by Crippen LogP contribution is 2.15. The van der Waals surface area contributed by atoms with Gasteiger partial charge in [-0.2, -0.15) is 0 Å². The molecule has 0 atom stereocenters. The average Bonchev–Trinajstić information content (AvgIpc) is 2.47. The second-order valence-corrected chi connectivity index (χ2v) is 5.16. The van der Waals surface area contributed by atoms with Gasteiger partial charge in [0.25, 0.3) is 0 Å². The van der Waals surface area contributed by atoms with Crippen molar-refractivity contribution in [2.45, 2.75) is 6.54 Å². The second kappa shape index (κ2) is 7.72. The normalized spacial score (nSPS) is 10.6. The van der Waals surface area contributed by atoms with E-state index in [9.17, 15) is 4.79 Å². The van der Waals surface area contributed by atoms with Crippen molar-refractivity contribution < 1.29 is 4.79 Å². The van der Waals surface area contributed by atoms with Crippen LogP contribution in [0.5, 0.6) is 0 Å². The fourth-order valence-corrected chi connectivity index (χ4v) is 2.11. The van der Waals surface area contributed by atoms with Crippen molar-refractivity contribution in [2.75, 3.05) is 0 Å². The molecule has 0 bridgehead atoms. The Morgan fingerprint density at radius 3 is 2.67 bits per heavy atom. The summed E-state index contributed by atoms with van der Waals surface area (Å²) >= 11 is 11.9. The van der Waals surface area contributed by atoms with Crippen molar-refractivity contribution in [3.8, 4) is 0 Å². The first-order valence-corrected chi connectivity index (χ1v) is 7.10. The summed E-state index contributed by atoms with van der Waals surface area (Å²) in [6.07, 6.45) is 3.29. The van der Waals surface area contributed by atoms with Gasteiger partial charge >= 0.3 is 6.03 Å². The maximum Gasteiger partial charge on any atom is 0.319 e. The highest BCUT2D eigenvalue weighted by Gasteiger charge is 1.99. The molecule has 2 rings (SSSR count). The predicted molar refractivity (Wildman–Crippen MR) is 87.3 cm³/mol. The van der Waals surface area contributed by atoms with Gasteiger partial charge in [0, 0.05) is 22.8 Å². The highest BCUT2D eigenvalue weighted by atomic mass is 35.5. The summed E-state index contributed by atoms with van der Waals surface area (Å²) in [5, 5.41) is 6.64. The molecule has 21 heavy (non-hydrogen) atoms. The molecule has 0 aromatic heterocycles. The Balaban J connectivity index is 1.81. The number of benzene rings is 2. The van der Waals surface area contributed by atoms with Crippen LogP contribution in [0.25, 0.3) is 6.08 Å². The molecule has 3 nitrogen and oxygen atoms in total. The van der Waals surface area contributed by atoms with Gasteiger partial charge in [-0.25, -0.2) is 4.79 Å². The van der Waals surface area contributed by atoms with Crippen LogP contribution in [0, 0.1) is 0 Å². The molecule has 0 heterocycles. The molecule has 0 saturated carbocycles. The third-order valence-electron chi connectivity index (χ3n) is 2.72. The monoisotopic (exact) mass is 320 g/mol. The smallest absolute Gasteiger partial charge is 0.319 e. The molecule has 0 spiro atoms. The van der Waals surface area contributed by atoms with E-state index in [1.807, 2.05) is 30.3 Å². The minimum absolute atomic E-state index is 0.293. The fourth-order valence-electron chi connectivity index (χ4n) is 1.70. The Bertz CT molecular complexity index is 656. The topological polar surface area (TPSA) is 41.1 Å². The van der Waals surface area contributed by atoms with Crippen molar-refractivity contribution in [2.24, 2.45) is 0 Å². The molecule has 5 heteroatoms. The summed E-state index contributed by atoms with van der Waals surface area (Å²) in [5.41, 5.74) is 1.78. The van der Waals surface area contributed by atoms with E-state index in [1.165, 1.54) is 0 Å². The molecule has 108 valence electrons. The molecule has 0 unspecified atom stereocenters. The van der Waals surface area contributed by atoms with E-state index in [-0.39, 0.29) is 6.03 Å². The molecule has 0 radical (unpaired) electrons. The van der Waals surface area contributed by atoms with Gasteiger partial charge in [0.15, 0.2) is 0 Å². The summed E-state index contributed by atoms with van der Waals surface area (Å²) in [6, 6.07) is 14.4. The van der Waals surface area contributed by atoms with Gasteiger partial charge in [-0.3, -0.25) is 0 Å². The second-order valence-electron chi connectivity index (χ2n) is 4.31. The Morgan fingerprint density at radius 1 is 1.10 bits per heavy atom. The molecule has 2 aromatic rings. The van der Waals surface area contributed by atoms with Crippen LogP contribution in [0.2, 0.25) is 10.0 Å². The average molecular weight is 321 g/mol. The van der Waals surface area contributed by atoms with Crippen molar-refractivity contribution in [3.63, 3.8) is 0 Å². The van der Waals surface area contributed by atoms with Crippen LogP contribution in [0.1, 0.15) is 11.1 Å². The van der Waals surface area contributed by atoms with Gasteiger partial charge in [-0.1, -0.05) is 53.5 Å². The van der Waals surface area contributed by atoms with E-state index < -0.39 is 0 Å². The number of urea groups is 1. The first kappa shape index (κ1) is 15.4. The molecule has 0 aliphatic rings. The Hall–Kier alpha value is -1.97. The van der Waals surface area contributed by atoms with Crippen LogP contribution in [-0.2, 0) is 6.54 Å². The number of rotatable bonds is 4. The van der Waals surface area contributed by atoms with E-state index in [2.05, 4.69) is 10.6 Å². The molecular formula is C16H14Cl2N2O. The molecule has 2 aromatic carbocycles. The maximum absolute atomic E-state index is 11.6. The van der Waals surface area contributed by atoms with Gasteiger partial charge in [0.05, 0.1) is 0 Å². The van der Waals surface area contributed by atoms with Crippen molar-refractivity contribution in [1.29, 1.82) is 0 Å². The first-order valence-electron chi connectivity index (χ1n) is 6.35. The van der Waals surface area contributed by atoms with Gasteiger partial charge in [-0.15, -0.1) is 0 Å². The maximum atomic E-state index is 11.6. The Labute approximate surface area is 133 Å². The van der Waals surface area contributed by atoms with Crippen LogP contribution in [0.3, 0.4) is 0 Å². The largest absolute Gasteiger partial charge is 0.334 e. The Morgan fingerprint density at radius 2 is 1.90 bits per heavy atom. The summed E-state index contributed by atoms with van der Waals surface area (Å²) in [5.74, 6) is 0. The highest BCUT2D eigenvalue weighted by molar-refractivity contribution is 6.32. The first-order chi connectivity index (χ1) is 10.1. The van der Waals surface area contributed by atoms with E-state index >= 15 is 0 Å². The number of nitrogens with one attached hydrogen (secondary N) is 2.